The van der Waals surface area contributed by atoms with E-state index in [9.17, 15) is 4.79 Å². The van der Waals surface area contributed by atoms with E-state index < -0.39 is 5.54 Å². The van der Waals surface area contributed by atoms with Crippen LogP contribution in [0.3, 0.4) is 0 Å². The van der Waals surface area contributed by atoms with Gasteiger partial charge >= 0.3 is 5.97 Å². The first-order valence-electron chi connectivity index (χ1n) is 8.38. The lowest BCUT2D eigenvalue weighted by molar-refractivity contribution is -0.155. The number of hydrogen-bond donors (Lipinski definition) is 1. The average molecular weight is 297 g/mol. The van der Waals surface area contributed by atoms with E-state index in [1.807, 2.05) is 6.92 Å². The van der Waals surface area contributed by atoms with E-state index in [0.717, 1.165) is 32.2 Å². The predicted octanol–water partition coefficient (Wildman–Crippen LogP) is 2.90. The molecule has 0 saturated heterocycles. The molecular weight excluding hydrogens is 266 g/mol. The van der Waals surface area contributed by atoms with Crippen molar-refractivity contribution >= 4 is 5.97 Å². The summed E-state index contributed by atoms with van der Waals surface area (Å²) < 4.78 is 11.2. The third-order valence-corrected chi connectivity index (χ3v) is 5.15. The molecule has 1 atom stereocenters. The van der Waals surface area contributed by atoms with Gasteiger partial charge in [0.05, 0.1) is 19.8 Å². The quantitative estimate of drug-likeness (QED) is 0.734. The van der Waals surface area contributed by atoms with Gasteiger partial charge in [-0.1, -0.05) is 20.8 Å². The number of rotatable bonds is 7. The minimum Gasteiger partial charge on any atom is -0.468 e. The maximum Gasteiger partial charge on any atom is 0.328 e. The van der Waals surface area contributed by atoms with Gasteiger partial charge < -0.3 is 9.47 Å². The van der Waals surface area contributed by atoms with E-state index in [-0.39, 0.29) is 5.97 Å². The fraction of sp³-hybridized carbons (Fsp3) is 0.941. The summed E-state index contributed by atoms with van der Waals surface area (Å²) in [6.45, 7) is 7.88. The molecule has 0 radical (unpaired) electrons. The Bertz CT molecular complexity index is 355. The summed E-state index contributed by atoms with van der Waals surface area (Å²) in [5.41, 5.74) is -0.187. The van der Waals surface area contributed by atoms with Gasteiger partial charge in [0, 0.05) is 0 Å². The normalized spacial score (nSPS) is 25.3. The molecule has 4 nitrogen and oxygen atoms in total. The van der Waals surface area contributed by atoms with Gasteiger partial charge in [0.1, 0.15) is 5.54 Å². The maximum absolute atomic E-state index is 12.3. The second-order valence-electron chi connectivity index (χ2n) is 7.44. The zero-order valence-electron chi connectivity index (χ0n) is 14.0. The Kier molecular flexibility index (Phi) is 5.31. The van der Waals surface area contributed by atoms with Crippen LogP contribution in [0.5, 0.6) is 0 Å². The molecule has 0 aliphatic heterocycles. The molecule has 1 unspecified atom stereocenters. The summed E-state index contributed by atoms with van der Waals surface area (Å²) >= 11 is 0. The Morgan fingerprint density at radius 2 is 1.86 bits per heavy atom. The van der Waals surface area contributed by atoms with Gasteiger partial charge in [-0.25, -0.2) is 4.79 Å². The van der Waals surface area contributed by atoms with Crippen LogP contribution < -0.4 is 5.32 Å². The number of carbonyl (C=O) groups is 1. The first kappa shape index (κ1) is 16.8. The Labute approximate surface area is 129 Å². The molecule has 0 spiro atoms. The van der Waals surface area contributed by atoms with Crippen LogP contribution in [0.4, 0.5) is 0 Å². The number of ether oxygens (including phenoxy) is 2. The second-order valence-corrected chi connectivity index (χ2v) is 7.44. The van der Waals surface area contributed by atoms with Gasteiger partial charge in [-0.05, 0) is 56.4 Å². The fourth-order valence-electron chi connectivity index (χ4n) is 3.47. The lowest BCUT2D eigenvalue weighted by Crippen LogP contribution is -2.58. The topological polar surface area (TPSA) is 47.6 Å². The fourth-order valence-corrected chi connectivity index (χ4v) is 3.47. The molecule has 122 valence electrons. The van der Waals surface area contributed by atoms with Gasteiger partial charge in [-0.15, -0.1) is 0 Å². The molecule has 2 saturated carbocycles. The van der Waals surface area contributed by atoms with Crippen molar-refractivity contribution in [3.63, 3.8) is 0 Å². The molecular formula is C17H31NO3. The maximum atomic E-state index is 12.3. The molecule has 0 heterocycles. The van der Waals surface area contributed by atoms with Crippen molar-refractivity contribution < 1.29 is 14.3 Å². The highest BCUT2D eigenvalue weighted by Crippen LogP contribution is 2.42. The minimum atomic E-state index is -0.629. The summed E-state index contributed by atoms with van der Waals surface area (Å²) in [7, 11) is 1.47. The largest absolute Gasteiger partial charge is 0.468 e. The van der Waals surface area contributed by atoms with Gasteiger partial charge in [0.25, 0.3) is 0 Å². The molecule has 4 heteroatoms. The van der Waals surface area contributed by atoms with Crippen molar-refractivity contribution in [3.8, 4) is 0 Å². The third-order valence-electron chi connectivity index (χ3n) is 5.15. The molecule has 1 N–H and O–H groups in total. The summed E-state index contributed by atoms with van der Waals surface area (Å²) in [5.74, 6) is 0.202. The van der Waals surface area contributed by atoms with E-state index >= 15 is 0 Å². The first-order valence-corrected chi connectivity index (χ1v) is 8.38. The van der Waals surface area contributed by atoms with Crippen LogP contribution in [-0.4, -0.2) is 37.9 Å². The van der Waals surface area contributed by atoms with Crippen LogP contribution in [0.25, 0.3) is 0 Å². The van der Waals surface area contributed by atoms with Gasteiger partial charge in [-0.3, -0.25) is 5.32 Å². The van der Waals surface area contributed by atoms with Crippen LogP contribution in [0.15, 0.2) is 0 Å². The predicted molar refractivity (Wildman–Crippen MR) is 83.1 cm³/mol. The van der Waals surface area contributed by atoms with Gasteiger partial charge in [-0.2, -0.15) is 0 Å². The highest BCUT2D eigenvalue weighted by molar-refractivity contribution is 5.82. The monoisotopic (exact) mass is 297 g/mol. The summed E-state index contributed by atoms with van der Waals surface area (Å²) in [5, 5.41) is 3.37. The Balaban J connectivity index is 1.94. The molecule has 0 bridgehead atoms. The van der Waals surface area contributed by atoms with E-state index in [0.29, 0.717) is 24.0 Å². The first-order chi connectivity index (χ1) is 9.93. The van der Waals surface area contributed by atoms with E-state index in [1.165, 1.54) is 20.0 Å². The lowest BCUT2D eigenvalue weighted by atomic mass is 9.76. The number of carbonyl (C=O) groups excluding carboxylic acids is 1. The van der Waals surface area contributed by atoms with Gasteiger partial charge in [0.2, 0.25) is 0 Å². The summed E-state index contributed by atoms with van der Waals surface area (Å²) in [6.07, 6.45) is 7.06. The molecule has 2 aliphatic carbocycles. The molecule has 21 heavy (non-hydrogen) atoms. The number of esters is 1. The second kappa shape index (κ2) is 6.66. The van der Waals surface area contributed by atoms with E-state index in [1.54, 1.807) is 0 Å². The third kappa shape index (κ3) is 3.98. The van der Waals surface area contributed by atoms with Crippen LogP contribution in [0.1, 0.15) is 59.3 Å². The zero-order chi connectivity index (χ0) is 15.5. The summed E-state index contributed by atoms with van der Waals surface area (Å²) in [6, 6.07) is 0. The minimum absolute atomic E-state index is 0.164. The smallest absolute Gasteiger partial charge is 0.328 e. The van der Waals surface area contributed by atoms with Gasteiger partial charge in [0.15, 0.2) is 0 Å². The highest BCUT2D eigenvalue weighted by Gasteiger charge is 2.52. The molecule has 2 rings (SSSR count). The Morgan fingerprint density at radius 1 is 1.24 bits per heavy atom. The lowest BCUT2D eigenvalue weighted by Gasteiger charge is -2.37. The van der Waals surface area contributed by atoms with E-state index in [4.69, 9.17) is 9.47 Å². The molecule has 0 aromatic carbocycles. The number of hydrogen-bond acceptors (Lipinski definition) is 4. The molecule has 0 aromatic rings. The van der Waals surface area contributed by atoms with Crippen molar-refractivity contribution in [3.05, 3.63) is 0 Å². The highest BCUT2D eigenvalue weighted by atomic mass is 16.5. The van der Waals surface area contributed by atoms with E-state index in [2.05, 4.69) is 19.2 Å². The summed E-state index contributed by atoms with van der Waals surface area (Å²) in [4.78, 5) is 12.3. The number of likely N-dealkylation sites (N-methyl/N-ethyl adjacent to an activating group) is 1. The molecule has 2 aliphatic rings. The van der Waals surface area contributed by atoms with Crippen LogP contribution >= 0.6 is 0 Å². The van der Waals surface area contributed by atoms with Crippen molar-refractivity contribution in [2.75, 3.05) is 20.3 Å². The van der Waals surface area contributed by atoms with Crippen molar-refractivity contribution in [2.45, 2.75) is 70.9 Å². The number of nitrogens with one attached hydrogen (secondary N) is 1. The van der Waals surface area contributed by atoms with Crippen molar-refractivity contribution in [2.24, 2.45) is 11.3 Å². The zero-order valence-corrected chi connectivity index (χ0v) is 14.0. The molecule has 0 amide bonds. The van der Waals surface area contributed by atoms with Crippen molar-refractivity contribution in [1.82, 2.24) is 5.32 Å². The molecule has 2 fully saturated rings. The molecule has 0 aromatic heterocycles. The van der Waals surface area contributed by atoms with Crippen LogP contribution in [0, 0.1) is 11.3 Å². The average Bonchev–Trinajstić information content (AvgIpc) is 3.28. The van der Waals surface area contributed by atoms with Crippen LogP contribution in [-0.2, 0) is 14.3 Å². The number of methoxy groups -OCH3 is 1. The SMILES string of the molecule is CCNC(COC1CCC(C)(C)CC1)(C(=O)OC)C1CC1. The Hall–Kier alpha value is -0.610. The van der Waals surface area contributed by atoms with Crippen molar-refractivity contribution in [1.29, 1.82) is 0 Å². The Morgan fingerprint density at radius 3 is 2.33 bits per heavy atom. The van der Waals surface area contributed by atoms with Crippen LogP contribution in [0.2, 0.25) is 0 Å². The standard InChI is InChI=1S/C17H31NO3/c1-5-18-17(13-6-7-13,15(19)20-4)12-21-14-8-10-16(2,3)11-9-14/h13-14,18H,5-12H2,1-4H3.